The van der Waals surface area contributed by atoms with Gasteiger partial charge in [-0.25, -0.2) is 0 Å². The molecule has 4 rings (SSSR count). The van der Waals surface area contributed by atoms with Gasteiger partial charge in [-0.15, -0.1) is 10.2 Å². The number of hydrogen-bond donors (Lipinski definition) is 0. The Kier molecular flexibility index (Phi) is 5.04. The molecule has 0 radical (unpaired) electrons. The predicted octanol–water partition coefficient (Wildman–Crippen LogP) is 2.62. The summed E-state index contributed by atoms with van der Waals surface area (Å²) >= 11 is 5.92. The molecule has 0 spiro atoms. The normalized spacial score (nSPS) is 20.4. The maximum atomic E-state index is 12.4. The number of ether oxygens (including phenoxy) is 1. The molecule has 2 aliphatic heterocycles. The first-order chi connectivity index (χ1) is 12.7. The highest BCUT2D eigenvalue weighted by Crippen LogP contribution is 2.22. The van der Waals surface area contributed by atoms with Crippen LogP contribution in [0.2, 0.25) is 5.02 Å². The smallest absolute Gasteiger partial charge is 0.251 e. The summed E-state index contributed by atoms with van der Waals surface area (Å²) in [5.41, 5.74) is 1.80. The Balaban J connectivity index is 1.37. The number of rotatable bonds is 3. The summed E-state index contributed by atoms with van der Waals surface area (Å²) in [6, 6.07) is 11.5. The number of amides is 1. The lowest BCUT2D eigenvalue weighted by Gasteiger charge is -2.36. The Labute approximate surface area is 157 Å². The summed E-state index contributed by atoms with van der Waals surface area (Å²) in [6.07, 6.45) is 1.59. The van der Waals surface area contributed by atoms with Crippen molar-refractivity contribution in [1.29, 1.82) is 0 Å². The van der Waals surface area contributed by atoms with Gasteiger partial charge in [0.2, 0.25) is 0 Å². The van der Waals surface area contributed by atoms with Gasteiger partial charge in [-0.3, -0.25) is 4.79 Å². The molecular formula is C19H21ClN4O2. The maximum absolute atomic E-state index is 12.4. The molecule has 2 saturated heterocycles. The van der Waals surface area contributed by atoms with Crippen LogP contribution in [0.4, 0.5) is 5.82 Å². The Hall–Kier alpha value is -2.18. The van der Waals surface area contributed by atoms with Crippen molar-refractivity contribution in [2.75, 3.05) is 37.7 Å². The molecule has 26 heavy (non-hydrogen) atoms. The minimum Gasteiger partial charge on any atom is -0.368 e. The highest BCUT2D eigenvalue weighted by Gasteiger charge is 2.30. The number of piperazine rings is 1. The van der Waals surface area contributed by atoms with Gasteiger partial charge < -0.3 is 14.5 Å². The number of aromatic nitrogens is 2. The van der Waals surface area contributed by atoms with Crippen LogP contribution < -0.4 is 4.90 Å². The molecule has 1 amide bonds. The van der Waals surface area contributed by atoms with Crippen molar-refractivity contribution in [2.24, 2.45) is 0 Å². The van der Waals surface area contributed by atoms with Crippen molar-refractivity contribution in [3.8, 4) is 11.3 Å². The minimum absolute atomic E-state index is 0.131. The summed E-state index contributed by atoms with van der Waals surface area (Å²) < 4.78 is 5.51. The summed E-state index contributed by atoms with van der Waals surface area (Å²) in [6.45, 7) is 3.60. The van der Waals surface area contributed by atoms with Crippen LogP contribution in [-0.2, 0) is 9.53 Å². The van der Waals surface area contributed by atoms with Gasteiger partial charge in [-0.05, 0) is 37.1 Å². The van der Waals surface area contributed by atoms with Crippen LogP contribution in [-0.4, -0.2) is 59.9 Å². The second-order valence-corrected chi connectivity index (χ2v) is 7.03. The van der Waals surface area contributed by atoms with Crippen molar-refractivity contribution >= 4 is 23.3 Å². The van der Waals surface area contributed by atoms with E-state index in [1.807, 2.05) is 41.3 Å². The van der Waals surface area contributed by atoms with Gasteiger partial charge in [0.15, 0.2) is 5.82 Å². The summed E-state index contributed by atoms with van der Waals surface area (Å²) in [7, 11) is 0. The maximum Gasteiger partial charge on any atom is 0.251 e. The number of carbonyl (C=O) groups is 1. The Morgan fingerprint density at radius 2 is 1.81 bits per heavy atom. The zero-order chi connectivity index (χ0) is 17.9. The van der Waals surface area contributed by atoms with Crippen molar-refractivity contribution in [1.82, 2.24) is 15.1 Å². The van der Waals surface area contributed by atoms with E-state index in [2.05, 4.69) is 15.1 Å². The second kappa shape index (κ2) is 7.60. The summed E-state index contributed by atoms with van der Waals surface area (Å²) in [4.78, 5) is 16.5. The van der Waals surface area contributed by atoms with Gasteiger partial charge in [-0.2, -0.15) is 0 Å². The molecule has 3 heterocycles. The third-order valence-corrected chi connectivity index (χ3v) is 5.16. The molecule has 0 bridgehead atoms. The van der Waals surface area contributed by atoms with Crippen LogP contribution in [0.1, 0.15) is 12.8 Å². The largest absolute Gasteiger partial charge is 0.368 e. The average molecular weight is 373 g/mol. The zero-order valence-corrected chi connectivity index (χ0v) is 15.2. The molecule has 1 atom stereocenters. The minimum atomic E-state index is -0.236. The highest BCUT2D eigenvalue weighted by molar-refractivity contribution is 6.30. The van der Waals surface area contributed by atoms with Crippen LogP contribution in [0.15, 0.2) is 36.4 Å². The molecule has 7 heteroatoms. The third-order valence-electron chi connectivity index (χ3n) is 4.91. The molecule has 136 valence electrons. The van der Waals surface area contributed by atoms with Crippen molar-refractivity contribution < 1.29 is 9.53 Å². The molecule has 0 aliphatic carbocycles. The average Bonchev–Trinajstić information content (AvgIpc) is 3.23. The van der Waals surface area contributed by atoms with Crippen molar-refractivity contribution in [2.45, 2.75) is 18.9 Å². The molecule has 2 aliphatic rings. The van der Waals surface area contributed by atoms with Crippen molar-refractivity contribution in [3.05, 3.63) is 41.4 Å². The van der Waals surface area contributed by atoms with E-state index >= 15 is 0 Å². The fourth-order valence-corrected chi connectivity index (χ4v) is 3.53. The standard InChI is InChI=1S/C19H21ClN4O2/c20-15-5-3-14(4-6-15)16-7-8-18(22-21-16)23-9-11-24(12-10-23)19(25)17-2-1-13-26-17/h3-8,17H,1-2,9-13H2. The lowest BCUT2D eigenvalue weighted by atomic mass is 10.1. The lowest BCUT2D eigenvalue weighted by molar-refractivity contribution is -0.141. The molecular weight excluding hydrogens is 352 g/mol. The first kappa shape index (κ1) is 17.2. The Morgan fingerprint density at radius 1 is 1.04 bits per heavy atom. The number of hydrogen-bond acceptors (Lipinski definition) is 5. The molecule has 1 aromatic heterocycles. The van der Waals surface area contributed by atoms with Crippen molar-refractivity contribution in [3.63, 3.8) is 0 Å². The molecule has 1 aromatic carbocycles. The summed E-state index contributed by atoms with van der Waals surface area (Å²) in [5, 5.41) is 9.40. The van der Waals surface area contributed by atoms with Crippen LogP contribution in [0.3, 0.4) is 0 Å². The van der Waals surface area contributed by atoms with Crippen LogP contribution in [0.5, 0.6) is 0 Å². The quantitative estimate of drug-likeness (QED) is 0.829. The van der Waals surface area contributed by atoms with E-state index in [1.54, 1.807) is 0 Å². The Bertz CT molecular complexity index is 752. The van der Waals surface area contributed by atoms with E-state index in [1.165, 1.54) is 0 Å². The Morgan fingerprint density at radius 3 is 2.42 bits per heavy atom. The zero-order valence-electron chi connectivity index (χ0n) is 14.5. The molecule has 0 saturated carbocycles. The van der Waals surface area contributed by atoms with Gasteiger partial charge in [0.1, 0.15) is 6.10 Å². The van der Waals surface area contributed by atoms with E-state index in [0.717, 1.165) is 43.0 Å². The van der Waals surface area contributed by atoms with Gasteiger partial charge in [0.05, 0.1) is 5.69 Å². The van der Waals surface area contributed by atoms with E-state index in [-0.39, 0.29) is 12.0 Å². The van der Waals surface area contributed by atoms with E-state index < -0.39 is 0 Å². The number of anilines is 1. The molecule has 2 aromatic rings. The van der Waals surface area contributed by atoms with Crippen LogP contribution in [0, 0.1) is 0 Å². The topological polar surface area (TPSA) is 58.6 Å². The predicted molar refractivity (Wildman–Crippen MR) is 100 cm³/mol. The first-order valence-corrected chi connectivity index (χ1v) is 9.33. The van der Waals surface area contributed by atoms with E-state index in [4.69, 9.17) is 16.3 Å². The van der Waals surface area contributed by atoms with Gasteiger partial charge in [-0.1, -0.05) is 23.7 Å². The molecule has 1 unspecified atom stereocenters. The number of nitrogens with zero attached hydrogens (tertiary/aromatic N) is 4. The monoisotopic (exact) mass is 372 g/mol. The lowest BCUT2D eigenvalue weighted by Crippen LogP contribution is -2.51. The van der Waals surface area contributed by atoms with Crippen LogP contribution in [0.25, 0.3) is 11.3 Å². The van der Waals surface area contributed by atoms with Gasteiger partial charge >= 0.3 is 0 Å². The third kappa shape index (κ3) is 3.66. The fraction of sp³-hybridized carbons (Fsp3) is 0.421. The second-order valence-electron chi connectivity index (χ2n) is 6.60. The van der Waals surface area contributed by atoms with Gasteiger partial charge in [0, 0.05) is 43.4 Å². The van der Waals surface area contributed by atoms with Gasteiger partial charge in [0.25, 0.3) is 5.91 Å². The number of benzene rings is 1. The fourth-order valence-electron chi connectivity index (χ4n) is 3.40. The van der Waals surface area contributed by atoms with E-state index in [9.17, 15) is 4.79 Å². The highest BCUT2D eigenvalue weighted by atomic mass is 35.5. The molecule has 2 fully saturated rings. The van der Waals surface area contributed by atoms with E-state index in [0.29, 0.717) is 24.7 Å². The first-order valence-electron chi connectivity index (χ1n) is 8.96. The summed E-state index contributed by atoms with van der Waals surface area (Å²) in [5.74, 6) is 0.971. The number of carbonyl (C=O) groups excluding carboxylic acids is 1. The molecule has 6 nitrogen and oxygen atoms in total. The van der Waals surface area contributed by atoms with Crippen LogP contribution >= 0.6 is 11.6 Å². The molecule has 0 N–H and O–H groups in total. The number of halogens is 1. The SMILES string of the molecule is O=C(C1CCCO1)N1CCN(c2ccc(-c3ccc(Cl)cc3)nn2)CC1.